The van der Waals surface area contributed by atoms with Crippen molar-refractivity contribution < 1.29 is 9.66 Å². The zero-order chi connectivity index (χ0) is 14.5. The zero-order valence-corrected chi connectivity index (χ0v) is 11.4. The van der Waals surface area contributed by atoms with Crippen LogP contribution in [0.2, 0.25) is 5.02 Å². The highest BCUT2D eigenvalue weighted by Crippen LogP contribution is 2.28. The molecule has 2 aromatic rings. The number of nitro groups is 1. The first-order chi connectivity index (χ1) is 9.63. The van der Waals surface area contributed by atoms with Crippen LogP contribution in [-0.2, 0) is 6.54 Å². The SMILES string of the molecule is COc1cccc(Cl)c1CNc1cccnc1[N+](=O)[O-]. The molecule has 0 aliphatic rings. The van der Waals surface area contributed by atoms with Gasteiger partial charge in [0.25, 0.3) is 0 Å². The normalized spacial score (nSPS) is 10.1. The van der Waals surface area contributed by atoms with Crippen LogP contribution >= 0.6 is 11.6 Å². The molecule has 104 valence electrons. The number of anilines is 1. The summed E-state index contributed by atoms with van der Waals surface area (Å²) in [4.78, 5) is 14.1. The fourth-order valence-corrected chi connectivity index (χ4v) is 2.00. The molecule has 0 atom stereocenters. The van der Waals surface area contributed by atoms with E-state index in [1.807, 2.05) is 0 Å². The number of rotatable bonds is 5. The number of pyridine rings is 1. The van der Waals surface area contributed by atoms with Gasteiger partial charge in [0.05, 0.1) is 7.11 Å². The Balaban J connectivity index is 2.24. The second-order valence-electron chi connectivity index (χ2n) is 3.91. The standard InChI is InChI=1S/C13H12ClN3O3/c1-20-12-6-2-4-10(14)9(12)8-16-11-5-3-7-15-13(11)17(18)19/h2-7,16H,8H2,1H3. The van der Waals surface area contributed by atoms with Crippen molar-refractivity contribution in [2.75, 3.05) is 12.4 Å². The number of hydrogen-bond acceptors (Lipinski definition) is 5. The van der Waals surface area contributed by atoms with E-state index in [1.54, 1.807) is 37.4 Å². The largest absolute Gasteiger partial charge is 0.496 e. The van der Waals surface area contributed by atoms with Crippen LogP contribution in [0.15, 0.2) is 36.5 Å². The lowest BCUT2D eigenvalue weighted by Gasteiger charge is -2.12. The van der Waals surface area contributed by atoms with Crippen molar-refractivity contribution >= 4 is 23.1 Å². The summed E-state index contributed by atoms with van der Waals surface area (Å²) in [6, 6.07) is 8.50. The smallest absolute Gasteiger partial charge is 0.386 e. The Morgan fingerprint density at radius 3 is 2.90 bits per heavy atom. The van der Waals surface area contributed by atoms with E-state index in [9.17, 15) is 10.1 Å². The fourth-order valence-electron chi connectivity index (χ4n) is 1.77. The van der Waals surface area contributed by atoms with E-state index in [0.717, 1.165) is 5.56 Å². The molecule has 1 N–H and O–H groups in total. The van der Waals surface area contributed by atoms with Gasteiger partial charge in [-0.05, 0) is 34.2 Å². The van der Waals surface area contributed by atoms with Crippen LogP contribution in [0, 0.1) is 10.1 Å². The Labute approximate surface area is 120 Å². The Morgan fingerprint density at radius 1 is 1.40 bits per heavy atom. The van der Waals surface area contributed by atoms with Crippen LogP contribution in [-0.4, -0.2) is 17.0 Å². The van der Waals surface area contributed by atoms with Gasteiger partial charge in [0.15, 0.2) is 0 Å². The molecular formula is C13H12ClN3O3. The van der Waals surface area contributed by atoms with E-state index in [1.165, 1.54) is 6.20 Å². The third-order valence-corrected chi connectivity index (χ3v) is 3.07. The molecule has 2 rings (SSSR count). The number of aromatic nitrogens is 1. The summed E-state index contributed by atoms with van der Waals surface area (Å²) in [6.07, 6.45) is 1.37. The lowest BCUT2D eigenvalue weighted by atomic mass is 10.2. The van der Waals surface area contributed by atoms with E-state index in [2.05, 4.69) is 10.3 Å². The third-order valence-electron chi connectivity index (χ3n) is 2.71. The lowest BCUT2D eigenvalue weighted by molar-refractivity contribution is -0.388. The number of nitrogens with zero attached hydrogens (tertiary/aromatic N) is 2. The molecule has 0 unspecified atom stereocenters. The van der Waals surface area contributed by atoms with Crippen LogP contribution in [0.1, 0.15) is 5.56 Å². The van der Waals surface area contributed by atoms with Gasteiger partial charge < -0.3 is 20.2 Å². The van der Waals surface area contributed by atoms with Crippen molar-refractivity contribution in [1.82, 2.24) is 4.98 Å². The summed E-state index contributed by atoms with van der Waals surface area (Å²) in [6.45, 7) is 0.301. The van der Waals surface area contributed by atoms with E-state index >= 15 is 0 Å². The van der Waals surface area contributed by atoms with Gasteiger partial charge in [-0.25, -0.2) is 0 Å². The molecule has 0 fully saturated rings. The van der Waals surface area contributed by atoms with E-state index in [0.29, 0.717) is 23.0 Å². The minimum Gasteiger partial charge on any atom is -0.496 e. The molecule has 1 aromatic heterocycles. The number of halogens is 1. The van der Waals surface area contributed by atoms with Gasteiger partial charge in [0, 0.05) is 17.1 Å². The molecule has 7 heteroatoms. The number of ether oxygens (including phenoxy) is 1. The molecule has 0 aliphatic heterocycles. The monoisotopic (exact) mass is 293 g/mol. The molecule has 0 bridgehead atoms. The lowest BCUT2D eigenvalue weighted by Crippen LogP contribution is -2.05. The van der Waals surface area contributed by atoms with Crippen molar-refractivity contribution in [2.24, 2.45) is 0 Å². The van der Waals surface area contributed by atoms with Crippen LogP contribution < -0.4 is 10.1 Å². The van der Waals surface area contributed by atoms with Gasteiger partial charge in [-0.2, -0.15) is 0 Å². The zero-order valence-electron chi connectivity index (χ0n) is 10.7. The molecule has 0 radical (unpaired) electrons. The van der Waals surface area contributed by atoms with E-state index in [-0.39, 0.29) is 5.82 Å². The van der Waals surface area contributed by atoms with Gasteiger partial charge in [-0.15, -0.1) is 0 Å². The van der Waals surface area contributed by atoms with Crippen LogP contribution in [0.25, 0.3) is 0 Å². The summed E-state index contributed by atoms with van der Waals surface area (Å²) in [5.41, 5.74) is 1.06. The summed E-state index contributed by atoms with van der Waals surface area (Å²) < 4.78 is 5.22. The number of hydrogen-bond donors (Lipinski definition) is 1. The number of benzene rings is 1. The average Bonchev–Trinajstić information content (AvgIpc) is 2.46. The highest BCUT2D eigenvalue weighted by Gasteiger charge is 2.15. The first-order valence-electron chi connectivity index (χ1n) is 5.78. The van der Waals surface area contributed by atoms with Crippen LogP contribution in [0.4, 0.5) is 11.5 Å². The minimum atomic E-state index is -0.536. The van der Waals surface area contributed by atoms with Gasteiger partial charge in [0.2, 0.25) is 0 Å². The van der Waals surface area contributed by atoms with E-state index < -0.39 is 4.92 Å². The first-order valence-corrected chi connectivity index (χ1v) is 6.16. The molecule has 0 spiro atoms. The maximum absolute atomic E-state index is 10.9. The topological polar surface area (TPSA) is 77.3 Å². The second kappa shape index (κ2) is 6.21. The highest BCUT2D eigenvalue weighted by atomic mass is 35.5. The summed E-state index contributed by atoms with van der Waals surface area (Å²) in [5.74, 6) is 0.398. The molecule has 1 heterocycles. The van der Waals surface area contributed by atoms with Gasteiger partial charge in [-0.1, -0.05) is 17.7 Å². The predicted octanol–water partition coefficient (Wildman–Crippen LogP) is 3.26. The van der Waals surface area contributed by atoms with Gasteiger partial charge in [-0.3, -0.25) is 0 Å². The minimum absolute atomic E-state index is 0.224. The number of nitrogens with one attached hydrogen (secondary N) is 1. The molecule has 0 saturated carbocycles. The number of methoxy groups -OCH3 is 1. The van der Waals surface area contributed by atoms with E-state index in [4.69, 9.17) is 16.3 Å². The van der Waals surface area contributed by atoms with Crippen molar-refractivity contribution in [3.63, 3.8) is 0 Å². The van der Waals surface area contributed by atoms with Crippen LogP contribution in [0.5, 0.6) is 5.75 Å². The molecule has 0 amide bonds. The molecule has 20 heavy (non-hydrogen) atoms. The average molecular weight is 294 g/mol. The Bertz CT molecular complexity index is 634. The first kappa shape index (κ1) is 14.1. The summed E-state index contributed by atoms with van der Waals surface area (Å²) >= 11 is 6.11. The molecule has 0 saturated heterocycles. The van der Waals surface area contributed by atoms with Crippen molar-refractivity contribution in [3.05, 3.63) is 57.2 Å². The Kier molecular flexibility index (Phi) is 4.37. The van der Waals surface area contributed by atoms with Crippen molar-refractivity contribution in [3.8, 4) is 5.75 Å². The maximum Gasteiger partial charge on any atom is 0.386 e. The second-order valence-corrected chi connectivity index (χ2v) is 4.31. The molecule has 6 nitrogen and oxygen atoms in total. The summed E-state index contributed by atoms with van der Waals surface area (Å²) in [5, 5.41) is 14.4. The molecule has 0 aliphatic carbocycles. The van der Waals surface area contributed by atoms with Crippen LogP contribution in [0.3, 0.4) is 0 Å². The quantitative estimate of drug-likeness (QED) is 0.676. The fraction of sp³-hybridized carbons (Fsp3) is 0.154. The molecular weight excluding hydrogens is 282 g/mol. The maximum atomic E-state index is 10.9. The predicted molar refractivity (Wildman–Crippen MR) is 76.2 cm³/mol. The highest BCUT2D eigenvalue weighted by molar-refractivity contribution is 6.31. The van der Waals surface area contributed by atoms with Gasteiger partial charge >= 0.3 is 5.82 Å². The van der Waals surface area contributed by atoms with Crippen molar-refractivity contribution in [2.45, 2.75) is 6.54 Å². The third kappa shape index (κ3) is 2.97. The molecule has 1 aromatic carbocycles. The Hall–Kier alpha value is -2.34. The summed E-state index contributed by atoms with van der Waals surface area (Å²) in [7, 11) is 1.54. The van der Waals surface area contributed by atoms with Crippen molar-refractivity contribution in [1.29, 1.82) is 0 Å². The Morgan fingerprint density at radius 2 is 2.20 bits per heavy atom. The van der Waals surface area contributed by atoms with Gasteiger partial charge in [0.1, 0.15) is 17.6 Å².